The van der Waals surface area contributed by atoms with Gasteiger partial charge in [0.1, 0.15) is 11.5 Å². The molecule has 6 nitrogen and oxygen atoms in total. The molecule has 3 aromatic rings. The van der Waals surface area contributed by atoms with Crippen molar-refractivity contribution in [2.45, 2.75) is 19.5 Å². The van der Waals surface area contributed by atoms with E-state index in [2.05, 4.69) is 22.1 Å². The Morgan fingerprint density at radius 1 is 1.03 bits per heavy atom. The first-order valence-corrected chi connectivity index (χ1v) is 9.79. The molecule has 0 bridgehead atoms. The SMILES string of the molecule is CCOc1ccc(NC(=O)N2CCn3cccc3C2c2ccc(OC)cc2)cc1. The zero-order valence-corrected chi connectivity index (χ0v) is 16.7. The highest BCUT2D eigenvalue weighted by Crippen LogP contribution is 2.33. The highest BCUT2D eigenvalue weighted by molar-refractivity contribution is 5.90. The largest absolute Gasteiger partial charge is 0.497 e. The van der Waals surface area contributed by atoms with Crippen LogP contribution in [0.15, 0.2) is 66.9 Å². The summed E-state index contributed by atoms with van der Waals surface area (Å²) >= 11 is 0. The number of anilines is 1. The van der Waals surface area contributed by atoms with Gasteiger partial charge in [-0.1, -0.05) is 12.1 Å². The molecule has 0 radical (unpaired) electrons. The molecule has 4 rings (SSSR count). The lowest BCUT2D eigenvalue weighted by molar-refractivity contribution is 0.182. The topological polar surface area (TPSA) is 55.7 Å². The molecule has 0 aliphatic carbocycles. The molecule has 1 atom stereocenters. The van der Waals surface area contributed by atoms with Gasteiger partial charge in [-0.3, -0.25) is 0 Å². The Hall–Kier alpha value is -3.41. The van der Waals surface area contributed by atoms with Crippen molar-refractivity contribution in [2.75, 3.05) is 25.6 Å². The summed E-state index contributed by atoms with van der Waals surface area (Å²) in [4.78, 5) is 15.0. The molecule has 2 heterocycles. The number of urea groups is 1. The van der Waals surface area contributed by atoms with Gasteiger partial charge in [-0.25, -0.2) is 4.79 Å². The summed E-state index contributed by atoms with van der Waals surface area (Å²) in [6.07, 6.45) is 2.06. The number of ether oxygens (including phenoxy) is 2. The fraction of sp³-hybridized carbons (Fsp3) is 0.261. The molecule has 6 heteroatoms. The van der Waals surface area contributed by atoms with Gasteiger partial charge < -0.3 is 24.3 Å². The van der Waals surface area contributed by atoms with Crippen LogP contribution in [0.1, 0.15) is 24.2 Å². The van der Waals surface area contributed by atoms with E-state index in [9.17, 15) is 4.79 Å². The van der Waals surface area contributed by atoms with E-state index < -0.39 is 0 Å². The van der Waals surface area contributed by atoms with E-state index in [0.717, 1.165) is 35.0 Å². The number of nitrogens with one attached hydrogen (secondary N) is 1. The summed E-state index contributed by atoms with van der Waals surface area (Å²) in [6.45, 7) is 3.96. The molecule has 0 saturated carbocycles. The molecule has 2 amide bonds. The van der Waals surface area contributed by atoms with Crippen molar-refractivity contribution in [3.05, 3.63) is 78.1 Å². The Morgan fingerprint density at radius 3 is 2.45 bits per heavy atom. The molecule has 29 heavy (non-hydrogen) atoms. The fourth-order valence-corrected chi connectivity index (χ4v) is 3.74. The van der Waals surface area contributed by atoms with Crippen molar-refractivity contribution in [1.29, 1.82) is 0 Å². The van der Waals surface area contributed by atoms with Crippen LogP contribution in [0.4, 0.5) is 10.5 Å². The van der Waals surface area contributed by atoms with Gasteiger partial charge in [0, 0.05) is 30.7 Å². The van der Waals surface area contributed by atoms with Crippen molar-refractivity contribution < 1.29 is 14.3 Å². The van der Waals surface area contributed by atoms with E-state index in [0.29, 0.717) is 13.2 Å². The van der Waals surface area contributed by atoms with Crippen LogP contribution in [0, 0.1) is 0 Å². The molecule has 0 saturated heterocycles. The average molecular weight is 391 g/mol. The van der Waals surface area contributed by atoms with E-state index in [1.54, 1.807) is 7.11 Å². The maximum atomic E-state index is 13.2. The Labute approximate surface area is 170 Å². The molecule has 1 unspecified atom stereocenters. The number of carbonyl (C=O) groups excluding carboxylic acids is 1. The molecule has 1 aromatic heterocycles. The Kier molecular flexibility index (Phi) is 5.42. The molecule has 150 valence electrons. The minimum atomic E-state index is -0.160. The van der Waals surface area contributed by atoms with Gasteiger partial charge in [-0.15, -0.1) is 0 Å². The van der Waals surface area contributed by atoms with Gasteiger partial charge >= 0.3 is 6.03 Å². The first kappa shape index (κ1) is 18.9. The molecule has 2 aromatic carbocycles. The van der Waals surface area contributed by atoms with Crippen LogP contribution in [0.3, 0.4) is 0 Å². The number of rotatable bonds is 5. The molecule has 1 aliphatic rings. The molecule has 1 N–H and O–H groups in total. The summed E-state index contributed by atoms with van der Waals surface area (Å²) in [6, 6.07) is 19.2. The smallest absolute Gasteiger partial charge is 0.322 e. The van der Waals surface area contributed by atoms with E-state index in [4.69, 9.17) is 9.47 Å². The van der Waals surface area contributed by atoms with Crippen molar-refractivity contribution in [3.63, 3.8) is 0 Å². The zero-order valence-electron chi connectivity index (χ0n) is 16.7. The fourth-order valence-electron chi connectivity index (χ4n) is 3.74. The Bertz CT molecular complexity index is 964. The average Bonchev–Trinajstić information content (AvgIpc) is 3.23. The Balaban J connectivity index is 1.59. The maximum absolute atomic E-state index is 13.2. The predicted octanol–water partition coefficient (Wildman–Crippen LogP) is 4.53. The summed E-state index contributed by atoms with van der Waals surface area (Å²) in [5.74, 6) is 1.59. The van der Waals surface area contributed by atoms with Gasteiger partial charge in [0.15, 0.2) is 0 Å². The monoisotopic (exact) mass is 391 g/mol. The third-order valence-corrected chi connectivity index (χ3v) is 5.15. The van der Waals surface area contributed by atoms with Gasteiger partial charge in [-0.2, -0.15) is 0 Å². The zero-order chi connectivity index (χ0) is 20.2. The third kappa shape index (κ3) is 3.92. The molecular weight excluding hydrogens is 366 g/mol. The van der Waals surface area contributed by atoms with E-state index in [1.807, 2.05) is 66.4 Å². The second-order valence-corrected chi connectivity index (χ2v) is 6.88. The summed E-state index contributed by atoms with van der Waals surface area (Å²) in [5.41, 5.74) is 2.89. The van der Waals surface area contributed by atoms with Crippen molar-refractivity contribution >= 4 is 11.7 Å². The van der Waals surface area contributed by atoms with Gasteiger partial charge in [0.25, 0.3) is 0 Å². The van der Waals surface area contributed by atoms with Crippen LogP contribution < -0.4 is 14.8 Å². The minimum Gasteiger partial charge on any atom is -0.497 e. The first-order valence-electron chi connectivity index (χ1n) is 9.79. The van der Waals surface area contributed by atoms with Gasteiger partial charge in [0.05, 0.1) is 19.8 Å². The van der Waals surface area contributed by atoms with E-state index in [1.165, 1.54) is 0 Å². The lowest BCUT2D eigenvalue weighted by atomic mass is 10.00. The van der Waals surface area contributed by atoms with Crippen molar-refractivity contribution in [2.24, 2.45) is 0 Å². The third-order valence-electron chi connectivity index (χ3n) is 5.15. The number of fused-ring (bicyclic) bond motifs is 1. The number of amides is 2. The van der Waals surface area contributed by atoms with Crippen LogP contribution in [0.5, 0.6) is 11.5 Å². The van der Waals surface area contributed by atoms with Gasteiger partial charge in [0.2, 0.25) is 0 Å². The van der Waals surface area contributed by atoms with E-state index >= 15 is 0 Å². The number of carbonyl (C=O) groups is 1. The van der Waals surface area contributed by atoms with Crippen LogP contribution in [-0.4, -0.2) is 35.8 Å². The van der Waals surface area contributed by atoms with Crippen LogP contribution in [0.25, 0.3) is 0 Å². The number of aromatic nitrogens is 1. The number of methoxy groups -OCH3 is 1. The van der Waals surface area contributed by atoms with Gasteiger partial charge in [-0.05, 0) is 61.0 Å². The number of benzene rings is 2. The lowest BCUT2D eigenvalue weighted by Crippen LogP contribution is -2.44. The quantitative estimate of drug-likeness (QED) is 0.695. The molecule has 0 fully saturated rings. The highest BCUT2D eigenvalue weighted by Gasteiger charge is 2.32. The summed E-state index contributed by atoms with van der Waals surface area (Å²) < 4.78 is 13.0. The predicted molar refractivity (Wildman–Crippen MR) is 113 cm³/mol. The van der Waals surface area contributed by atoms with E-state index in [-0.39, 0.29) is 12.1 Å². The van der Waals surface area contributed by atoms with Crippen molar-refractivity contribution in [3.8, 4) is 11.5 Å². The maximum Gasteiger partial charge on any atom is 0.322 e. The standard InChI is InChI=1S/C23H25N3O3/c1-3-29-20-12-8-18(9-13-20)24-23(27)26-16-15-25-14-4-5-21(25)22(26)17-6-10-19(28-2)11-7-17/h4-14,22H,3,15-16H2,1-2H3,(H,24,27). The molecular formula is C23H25N3O3. The van der Waals surface area contributed by atoms with Crippen LogP contribution in [-0.2, 0) is 6.54 Å². The molecule has 1 aliphatic heterocycles. The second-order valence-electron chi connectivity index (χ2n) is 6.88. The van der Waals surface area contributed by atoms with Crippen LogP contribution >= 0.6 is 0 Å². The number of hydrogen-bond acceptors (Lipinski definition) is 3. The first-order chi connectivity index (χ1) is 14.2. The second kappa shape index (κ2) is 8.31. The lowest BCUT2D eigenvalue weighted by Gasteiger charge is -2.37. The van der Waals surface area contributed by atoms with Crippen molar-refractivity contribution in [1.82, 2.24) is 9.47 Å². The molecule has 0 spiro atoms. The van der Waals surface area contributed by atoms with Crippen LogP contribution in [0.2, 0.25) is 0 Å². The minimum absolute atomic E-state index is 0.123. The number of nitrogens with zero attached hydrogens (tertiary/aromatic N) is 2. The summed E-state index contributed by atoms with van der Waals surface area (Å²) in [5, 5.41) is 3.02. The normalized spacial score (nSPS) is 15.5. The Morgan fingerprint density at radius 2 is 1.76 bits per heavy atom. The summed E-state index contributed by atoms with van der Waals surface area (Å²) in [7, 11) is 1.65. The highest BCUT2D eigenvalue weighted by atomic mass is 16.5. The number of hydrogen-bond donors (Lipinski definition) is 1.